The van der Waals surface area contributed by atoms with E-state index in [0.29, 0.717) is 0 Å². The zero-order valence-corrected chi connectivity index (χ0v) is 12.1. The van der Waals surface area contributed by atoms with Gasteiger partial charge in [-0.1, -0.05) is 32.9 Å². The van der Waals surface area contributed by atoms with Crippen LogP contribution in [0.2, 0.25) is 0 Å². The lowest BCUT2D eigenvalue weighted by Crippen LogP contribution is -2.14. The second-order valence-electron chi connectivity index (χ2n) is 5.59. The summed E-state index contributed by atoms with van der Waals surface area (Å²) in [6.45, 7) is 7.85. The average molecular weight is 265 g/mol. The van der Waals surface area contributed by atoms with Gasteiger partial charge in [0.15, 0.2) is 9.84 Å². The molecule has 0 radical (unpaired) electrons. The van der Waals surface area contributed by atoms with Crippen LogP contribution in [-0.4, -0.2) is 14.2 Å². The lowest BCUT2D eigenvalue weighted by atomic mass is 9.87. The first-order chi connectivity index (χ1) is 8.16. The van der Waals surface area contributed by atoms with E-state index in [9.17, 15) is 8.42 Å². The molecule has 0 aliphatic heterocycles. The van der Waals surface area contributed by atoms with Gasteiger partial charge < -0.3 is 0 Å². The van der Waals surface area contributed by atoms with E-state index in [1.165, 1.54) is 0 Å². The van der Waals surface area contributed by atoms with Crippen LogP contribution in [0, 0.1) is 17.2 Å². The third-order valence-corrected chi connectivity index (χ3v) is 4.70. The fourth-order valence-electron chi connectivity index (χ4n) is 1.62. The smallest absolute Gasteiger partial charge is 0.179 e. The number of hydrogen-bond acceptors (Lipinski definition) is 3. The first-order valence-electron chi connectivity index (χ1n) is 5.90. The Balaban J connectivity index is 3.03. The van der Waals surface area contributed by atoms with Gasteiger partial charge in [0.2, 0.25) is 0 Å². The monoisotopic (exact) mass is 265 g/mol. The fourth-order valence-corrected chi connectivity index (χ4v) is 3.10. The molecule has 0 saturated carbocycles. The number of sulfone groups is 1. The number of benzene rings is 1. The van der Waals surface area contributed by atoms with E-state index in [2.05, 4.69) is 20.8 Å². The van der Waals surface area contributed by atoms with Crippen molar-refractivity contribution in [1.82, 2.24) is 0 Å². The molecular weight excluding hydrogens is 246 g/mol. The van der Waals surface area contributed by atoms with Gasteiger partial charge in [0.05, 0.1) is 22.6 Å². The van der Waals surface area contributed by atoms with Gasteiger partial charge in [0.1, 0.15) is 0 Å². The molecule has 4 heteroatoms. The van der Waals surface area contributed by atoms with Crippen LogP contribution in [0.25, 0.3) is 0 Å². The molecule has 0 saturated heterocycles. The maximum Gasteiger partial charge on any atom is 0.179 e. The zero-order valence-electron chi connectivity index (χ0n) is 11.3. The van der Waals surface area contributed by atoms with Crippen molar-refractivity contribution in [3.05, 3.63) is 29.8 Å². The standard InChI is InChI=1S/C14H19NO2S/c1-11(9-15)10-18(16,17)13-7-5-12(6-8-13)14(2,3)4/h5-8,11H,10H2,1-4H3. The highest BCUT2D eigenvalue weighted by molar-refractivity contribution is 7.91. The van der Waals surface area contributed by atoms with Gasteiger partial charge in [-0.05, 0) is 30.0 Å². The van der Waals surface area contributed by atoms with E-state index in [4.69, 9.17) is 5.26 Å². The molecule has 0 amide bonds. The molecule has 0 aliphatic rings. The quantitative estimate of drug-likeness (QED) is 0.844. The molecule has 3 nitrogen and oxygen atoms in total. The van der Waals surface area contributed by atoms with Crippen LogP contribution >= 0.6 is 0 Å². The largest absolute Gasteiger partial charge is 0.224 e. The van der Waals surface area contributed by atoms with Crippen LogP contribution in [0.1, 0.15) is 33.3 Å². The predicted octanol–water partition coefficient (Wildman–Crippen LogP) is 2.92. The Hall–Kier alpha value is -1.34. The summed E-state index contributed by atoms with van der Waals surface area (Å²) in [4.78, 5) is 0.289. The highest BCUT2D eigenvalue weighted by Gasteiger charge is 2.19. The minimum Gasteiger partial charge on any atom is -0.224 e. The summed E-state index contributed by atoms with van der Waals surface area (Å²) >= 11 is 0. The number of nitriles is 1. The number of rotatable bonds is 3. The first kappa shape index (κ1) is 14.7. The molecule has 1 atom stereocenters. The van der Waals surface area contributed by atoms with Gasteiger partial charge in [0, 0.05) is 0 Å². The average Bonchev–Trinajstić information content (AvgIpc) is 2.27. The van der Waals surface area contributed by atoms with Crippen molar-refractivity contribution in [3.63, 3.8) is 0 Å². The third-order valence-electron chi connectivity index (χ3n) is 2.77. The molecule has 0 spiro atoms. The van der Waals surface area contributed by atoms with E-state index in [-0.39, 0.29) is 16.1 Å². The van der Waals surface area contributed by atoms with Crippen LogP contribution in [-0.2, 0) is 15.3 Å². The Kier molecular flexibility index (Phi) is 4.18. The van der Waals surface area contributed by atoms with Crippen molar-refractivity contribution in [2.75, 3.05) is 5.75 Å². The molecule has 1 aromatic carbocycles. The van der Waals surface area contributed by atoms with Crippen LogP contribution in [0.4, 0.5) is 0 Å². The normalized spacial score (nSPS) is 13.9. The van der Waals surface area contributed by atoms with Crippen LogP contribution < -0.4 is 0 Å². The lowest BCUT2D eigenvalue weighted by Gasteiger charge is -2.19. The molecule has 0 N–H and O–H groups in total. The molecule has 0 aliphatic carbocycles. The van der Waals surface area contributed by atoms with Crippen molar-refractivity contribution < 1.29 is 8.42 Å². The lowest BCUT2D eigenvalue weighted by molar-refractivity contribution is 0.583. The number of nitrogens with zero attached hydrogens (tertiary/aromatic N) is 1. The molecular formula is C14H19NO2S. The summed E-state index contributed by atoms with van der Waals surface area (Å²) in [6, 6.07) is 8.87. The molecule has 18 heavy (non-hydrogen) atoms. The summed E-state index contributed by atoms with van der Waals surface area (Å²) < 4.78 is 24.0. The summed E-state index contributed by atoms with van der Waals surface area (Å²) in [6.07, 6.45) is 0. The molecule has 98 valence electrons. The second-order valence-corrected chi connectivity index (χ2v) is 7.62. The van der Waals surface area contributed by atoms with E-state index in [0.717, 1.165) is 5.56 Å². The van der Waals surface area contributed by atoms with Crippen molar-refractivity contribution in [2.24, 2.45) is 5.92 Å². The Morgan fingerprint density at radius 1 is 1.22 bits per heavy atom. The van der Waals surface area contributed by atoms with Gasteiger partial charge in [-0.25, -0.2) is 8.42 Å². The molecule has 1 aromatic rings. The second kappa shape index (κ2) is 5.11. The van der Waals surface area contributed by atoms with Crippen molar-refractivity contribution in [1.29, 1.82) is 5.26 Å². The van der Waals surface area contributed by atoms with E-state index >= 15 is 0 Å². The highest BCUT2D eigenvalue weighted by Crippen LogP contribution is 2.24. The summed E-state index contributed by atoms with van der Waals surface area (Å²) in [5.41, 5.74) is 1.09. The molecule has 1 unspecified atom stereocenters. The third kappa shape index (κ3) is 3.58. The van der Waals surface area contributed by atoms with Gasteiger partial charge in [-0.15, -0.1) is 0 Å². The van der Waals surface area contributed by atoms with Gasteiger partial charge >= 0.3 is 0 Å². The SMILES string of the molecule is CC(C#N)CS(=O)(=O)c1ccc(C(C)(C)C)cc1. The minimum atomic E-state index is -3.36. The fraction of sp³-hybridized carbons (Fsp3) is 0.500. The van der Waals surface area contributed by atoms with Crippen LogP contribution in [0.3, 0.4) is 0 Å². The van der Waals surface area contributed by atoms with Gasteiger partial charge in [0.25, 0.3) is 0 Å². The van der Waals surface area contributed by atoms with Gasteiger partial charge in [-0.2, -0.15) is 5.26 Å². The molecule has 0 aromatic heterocycles. The molecule has 0 fully saturated rings. The summed E-state index contributed by atoms with van der Waals surface area (Å²) in [5, 5.41) is 8.68. The Labute approximate surface area is 109 Å². The zero-order chi connectivity index (χ0) is 14.0. The van der Waals surface area contributed by atoms with Crippen LogP contribution in [0.5, 0.6) is 0 Å². The number of hydrogen-bond donors (Lipinski definition) is 0. The molecule has 1 rings (SSSR count). The van der Waals surface area contributed by atoms with Crippen molar-refractivity contribution in [3.8, 4) is 6.07 Å². The van der Waals surface area contributed by atoms with E-state index in [1.807, 2.05) is 18.2 Å². The summed E-state index contributed by atoms with van der Waals surface area (Å²) in [5.74, 6) is -0.615. The maximum atomic E-state index is 12.0. The Morgan fingerprint density at radius 3 is 2.11 bits per heavy atom. The van der Waals surface area contributed by atoms with Crippen LogP contribution in [0.15, 0.2) is 29.2 Å². The topological polar surface area (TPSA) is 57.9 Å². The van der Waals surface area contributed by atoms with Gasteiger partial charge in [-0.3, -0.25) is 0 Å². The predicted molar refractivity (Wildman–Crippen MR) is 72.0 cm³/mol. The van der Waals surface area contributed by atoms with E-state index < -0.39 is 15.8 Å². The van der Waals surface area contributed by atoms with Crippen molar-refractivity contribution in [2.45, 2.75) is 38.0 Å². The highest BCUT2D eigenvalue weighted by atomic mass is 32.2. The first-order valence-corrected chi connectivity index (χ1v) is 7.55. The minimum absolute atomic E-state index is 0.00222. The molecule has 0 bridgehead atoms. The Bertz CT molecular complexity index is 545. The Morgan fingerprint density at radius 2 is 1.72 bits per heavy atom. The summed E-state index contributed by atoms with van der Waals surface area (Å²) in [7, 11) is -3.36. The molecule has 0 heterocycles. The van der Waals surface area contributed by atoms with E-state index in [1.54, 1.807) is 19.1 Å². The van der Waals surface area contributed by atoms with Crippen molar-refractivity contribution >= 4 is 9.84 Å². The maximum absolute atomic E-state index is 12.0.